The zero-order chi connectivity index (χ0) is 27.1. The number of thiazole rings is 1. The molecule has 3 heterocycles. The molecular weight excluding hydrogens is 580 g/mol. The third-order valence-electron chi connectivity index (χ3n) is 6.23. The van der Waals surface area contributed by atoms with E-state index in [2.05, 4.69) is 20.9 Å². The van der Waals surface area contributed by atoms with Gasteiger partial charge in [0.15, 0.2) is 10.9 Å². The Balaban J connectivity index is 1.75. The Morgan fingerprint density at radius 3 is 2.55 bits per heavy atom. The lowest BCUT2D eigenvalue weighted by molar-refractivity contribution is -0.00557. The number of pyridine rings is 1. The number of fused-ring (bicyclic) bond motifs is 1. The summed E-state index contributed by atoms with van der Waals surface area (Å²) in [7, 11) is 0. The second kappa shape index (κ2) is 10.5. The normalized spacial score (nSPS) is 17.7. The highest BCUT2D eigenvalue weighted by atomic mass is 79.9. The zero-order valence-electron chi connectivity index (χ0n) is 20.8. The summed E-state index contributed by atoms with van der Waals surface area (Å²) in [6.45, 7) is 5.87. The molecule has 0 saturated carbocycles. The highest BCUT2D eigenvalue weighted by Crippen LogP contribution is 2.34. The van der Waals surface area contributed by atoms with Crippen LogP contribution in [0, 0.1) is 11.6 Å². The van der Waals surface area contributed by atoms with Crippen molar-refractivity contribution in [3.8, 4) is 16.4 Å². The van der Waals surface area contributed by atoms with Crippen LogP contribution >= 0.6 is 27.3 Å². The Morgan fingerprint density at radius 2 is 1.89 bits per heavy atom. The molecule has 0 aliphatic carbocycles. The Hall–Kier alpha value is -3.15. The number of hydrogen-bond donors (Lipinski definition) is 0. The van der Waals surface area contributed by atoms with E-state index in [-0.39, 0.29) is 54.1 Å². The molecule has 198 valence electrons. The number of ether oxygens (including phenoxy) is 2. The van der Waals surface area contributed by atoms with Crippen LogP contribution in [0.4, 0.5) is 14.5 Å². The second-order valence-corrected chi connectivity index (χ2v) is 10.8. The lowest BCUT2D eigenvalue weighted by Gasteiger charge is -2.37. The first-order valence-electron chi connectivity index (χ1n) is 12.0. The van der Waals surface area contributed by atoms with E-state index in [0.29, 0.717) is 10.8 Å². The third-order valence-corrected chi connectivity index (χ3v) is 7.59. The van der Waals surface area contributed by atoms with Crippen molar-refractivity contribution in [3.05, 3.63) is 73.8 Å². The first-order chi connectivity index (χ1) is 18.2. The van der Waals surface area contributed by atoms with E-state index in [0.717, 1.165) is 16.1 Å². The van der Waals surface area contributed by atoms with Crippen LogP contribution in [0.15, 0.2) is 51.2 Å². The average molecular weight is 604 g/mol. The Kier molecular flexibility index (Phi) is 7.34. The van der Waals surface area contributed by atoms with Gasteiger partial charge in [-0.3, -0.25) is 9.36 Å². The van der Waals surface area contributed by atoms with Gasteiger partial charge in [0, 0.05) is 34.7 Å². The van der Waals surface area contributed by atoms with E-state index in [1.807, 2.05) is 38.1 Å². The van der Waals surface area contributed by atoms with E-state index < -0.39 is 23.0 Å². The highest BCUT2D eigenvalue weighted by Gasteiger charge is 2.30. The Bertz CT molecular complexity index is 1580. The van der Waals surface area contributed by atoms with Crippen LogP contribution in [0.3, 0.4) is 0 Å². The van der Waals surface area contributed by atoms with Crippen LogP contribution in [0.5, 0.6) is 0 Å². The van der Waals surface area contributed by atoms with Crippen molar-refractivity contribution in [1.82, 2.24) is 9.55 Å². The van der Waals surface area contributed by atoms with Crippen LogP contribution in [0.1, 0.15) is 31.1 Å². The zero-order valence-corrected chi connectivity index (χ0v) is 23.2. The van der Waals surface area contributed by atoms with E-state index >= 15 is 8.78 Å². The van der Waals surface area contributed by atoms with Crippen LogP contribution in [-0.2, 0) is 9.47 Å². The molecule has 2 atom stereocenters. The molecule has 1 saturated heterocycles. The molecule has 2 unspecified atom stereocenters. The van der Waals surface area contributed by atoms with E-state index in [4.69, 9.17) is 9.47 Å². The molecule has 2 aromatic carbocycles. The van der Waals surface area contributed by atoms with Gasteiger partial charge in [-0.1, -0.05) is 28.1 Å². The molecule has 0 amide bonds. The minimum absolute atomic E-state index is 0.0380. The van der Waals surface area contributed by atoms with Crippen molar-refractivity contribution in [2.24, 2.45) is 0 Å². The van der Waals surface area contributed by atoms with Gasteiger partial charge in [0.1, 0.15) is 17.1 Å². The number of nitrogens with zero attached hydrogens (tertiary/aromatic N) is 3. The Morgan fingerprint density at radius 1 is 1.21 bits per heavy atom. The van der Waals surface area contributed by atoms with Gasteiger partial charge in [0.2, 0.25) is 5.43 Å². The van der Waals surface area contributed by atoms with Crippen LogP contribution in [0.2, 0.25) is 0 Å². The SMILES string of the molecule is CCOC(=O)c1cn(-c2nc(-c3ccc(Br)cc3)cs2)c2c(F)c(N3CC(C)OC(C)C3)c(F)cc2c1=O. The van der Waals surface area contributed by atoms with Gasteiger partial charge < -0.3 is 14.4 Å². The highest BCUT2D eigenvalue weighted by molar-refractivity contribution is 9.10. The molecule has 0 radical (unpaired) electrons. The maximum Gasteiger partial charge on any atom is 0.343 e. The monoisotopic (exact) mass is 603 g/mol. The van der Waals surface area contributed by atoms with Crippen molar-refractivity contribution >= 4 is 49.8 Å². The summed E-state index contributed by atoms with van der Waals surface area (Å²) in [5.41, 5.74) is -0.104. The fourth-order valence-electron chi connectivity index (χ4n) is 4.69. The lowest BCUT2D eigenvalue weighted by Crippen LogP contribution is -2.46. The summed E-state index contributed by atoms with van der Waals surface area (Å²) in [6.07, 6.45) is 0.741. The quantitative estimate of drug-likeness (QED) is 0.263. The Labute approximate surface area is 229 Å². The number of halogens is 3. The third kappa shape index (κ3) is 4.85. The number of carbonyl (C=O) groups excluding carboxylic acids is 1. The second-order valence-electron chi connectivity index (χ2n) is 9.06. The average Bonchev–Trinajstić information content (AvgIpc) is 3.35. The summed E-state index contributed by atoms with van der Waals surface area (Å²) in [6, 6.07) is 8.50. The number of hydrogen-bond acceptors (Lipinski definition) is 7. The summed E-state index contributed by atoms with van der Waals surface area (Å²) < 4.78 is 44.8. The molecule has 11 heteroatoms. The van der Waals surface area contributed by atoms with Crippen LogP contribution < -0.4 is 10.3 Å². The van der Waals surface area contributed by atoms with E-state index in [9.17, 15) is 9.59 Å². The fourth-order valence-corrected chi connectivity index (χ4v) is 5.77. The first kappa shape index (κ1) is 26.5. The van der Waals surface area contributed by atoms with Crippen LogP contribution in [0.25, 0.3) is 27.3 Å². The van der Waals surface area contributed by atoms with Crippen molar-refractivity contribution in [2.75, 3.05) is 24.6 Å². The van der Waals surface area contributed by atoms with Gasteiger partial charge in [0.05, 0.1) is 35.4 Å². The molecule has 1 aliphatic rings. The number of morpholine rings is 1. The molecule has 5 rings (SSSR count). The van der Waals surface area contributed by atoms with Gasteiger partial charge in [0.25, 0.3) is 0 Å². The summed E-state index contributed by atoms with van der Waals surface area (Å²) in [4.78, 5) is 32.2. The molecule has 2 aromatic heterocycles. The maximum absolute atomic E-state index is 16.3. The fraction of sp³-hybridized carbons (Fsp3) is 0.296. The molecular formula is C27H24BrF2N3O4S. The molecule has 0 bridgehead atoms. The van der Waals surface area contributed by atoms with Gasteiger partial charge in [-0.05, 0) is 39.0 Å². The largest absolute Gasteiger partial charge is 0.462 e. The van der Waals surface area contributed by atoms with Gasteiger partial charge >= 0.3 is 5.97 Å². The predicted molar refractivity (Wildman–Crippen MR) is 146 cm³/mol. The summed E-state index contributed by atoms with van der Waals surface area (Å²) in [5.74, 6) is -2.68. The van der Waals surface area contributed by atoms with E-state index in [1.54, 1.807) is 17.2 Å². The number of anilines is 1. The molecule has 38 heavy (non-hydrogen) atoms. The smallest absolute Gasteiger partial charge is 0.343 e. The van der Waals surface area contributed by atoms with Gasteiger partial charge in [-0.2, -0.15) is 0 Å². The number of esters is 1. The summed E-state index contributed by atoms with van der Waals surface area (Å²) in [5, 5.41) is 1.82. The van der Waals surface area contributed by atoms with Crippen molar-refractivity contribution in [3.63, 3.8) is 0 Å². The number of rotatable bonds is 5. The number of aromatic nitrogens is 2. The predicted octanol–water partition coefficient (Wildman–Crippen LogP) is 5.95. The molecule has 1 fully saturated rings. The van der Waals surface area contributed by atoms with E-state index in [1.165, 1.54) is 22.1 Å². The molecule has 1 aliphatic heterocycles. The minimum atomic E-state index is -0.908. The number of benzene rings is 2. The molecule has 0 N–H and O–H groups in total. The number of carbonyl (C=O) groups is 1. The topological polar surface area (TPSA) is 73.7 Å². The van der Waals surface area contributed by atoms with Gasteiger partial charge in [-0.25, -0.2) is 18.6 Å². The van der Waals surface area contributed by atoms with Crippen molar-refractivity contribution in [2.45, 2.75) is 33.0 Å². The molecule has 0 spiro atoms. The molecule has 4 aromatic rings. The van der Waals surface area contributed by atoms with Gasteiger partial charge in [-0.15, -0.1) is 11.3 Å². The lowest BCUT2D eigenvalue weighted by atomic mass is 10.1. The minimum Gasteiger partial charge on any atom is -0.462 e. The first-order valence-corrected chi connectivity index (χ1v) is 13.7. The molecule has 7 nitrogen and oxygen atoms in total. The summed E-state index contributed by atoms with van der Waals surface area (Å²) >= 11 is 4.61. The van der Waals surface area contributed by atoms with Crippen molar-refractivity contribution in [1.29, 1.82) is 0 Å². The van der Waals surface area contributed by atoms with Crippen LogP contribution in [-0.4, -0.2) is 47.4 Å². The standard InChI is InChI=1S/C27H24BrF2N3O4S/c1-4-36-26(35)19-12-33(27-31-21(13-38-27)16-5-7-17(28)8-6-16)23-18(25(19)34)9-20(29)24(22(23)30)32-10-14(2)37-15(3)11-32/h5-9,12-15H,4,10-11H2,1-3H3. The van der Waals surface area contributed by atoms with Crippen molar-refractivity contribution < 1.29 is 23.0 Å². The maximum atomic E-state index is 16.3.